The zero-order chi connectivity index (χ0) is 12.5. The van der Waals surface area contributed by atoms with Crippen molar-refractivity contribution in [2.45, 2.75) is 32.8 Å². The van der Waals surface area contributed by atoms with E-state index in [0.29, 0.717) is 5.56 Å². The van der Waals surface area contributed by atoms with Gasteiger partial charge in [0.15, 0.2) is 0 Å². The third kappa shape index (κ3) is 2.73. The number of carbonyl (C=O) groups excluding carboxylic acids is 1. The van der Waals surface area contributed by atoms with E-state index in [-0.39, 0.29) is 5.97 Å². The Hall–Kier alpha value is -1.64. The first-order chi connectivity index (χ1) is 7.97. The molecule has 90 valence electrons. The van der Waals surface area contributed by atoms with Crippen LogP contribution >= 0.6 is 0 Å². The summed E-state index contributed by atoms with van der Waals surface area (Å²) in [6.07, 6.45) is 2.94. The minimum Gasteiger partial charge on any atom is -0.456 e. The van der Waals surface area contributed by atoms with Gasteiger partial charge >= 0.3 is 5.97 Å². The van der Waals surface area contributed by atoms with Gasteiger partial charge in [0.1, 0.15) is 5.60 Å². The molecule has 1 heterocycles. The third-order valence-electron chi connectivity index (χ3n) is 2.46. The molecular weight excluding hydrogens is 214 g/mol. The second-order valence-corrected chi connectivity index (χ2v) is 5.11. The Labute approximate surface area is 101 Å². The van der Waals surface area contributed by atoms with E-state index in [0.717, 1.165) is 23.5 Å². The molecule has 2 rings (SSSR count). The van der Waals surface area contributed by atoms with Crippen LogP contribution in [0, 0.1) is 0 Å². The van der Waals surface area contributed by atoms with E-state index >= 15 is 0 Å². The van der Waals surface area contributed by atoms with Gasteiger partial charge in [0.05, 0.1) is 10.9 Å². The smallest absolute Gasteiger partial charge is 0.339 e. The van der Waals surface area contributed by atoms with Crippen LogP contribution in [-0.2, 0) is 4.74 Å². The summed E-state index contributed by atoms with van der Waals surface area (Å²) in [5.74, 6) is -0.275. The van der Waals surface area contributed by atoms with Crippen molar-refractivity contribution < 1.29 is 9.53 Å². The molecule has 0 aromatic heterocycles. The number of hydrogen-bond donors (Lipinski definition) is 0. The number of fused-ring (bicyclic) bond motifs is 1. The molecule has 0 fully saturated rings. The van der Waals surface area contributed by atoms with Crippen LogP contribution < -0.4 is 10.6 Å². The second-order valence-electron chi connectivity index (χ2n) is 5.11. The maximum Gasteiger partial charge on any atom is 0.339 e. The first-order valence-electron chi connectivity index (χ1n) is 5.84. The van der Waals surface area contributed by atoms with Gasteiger partial charge in [0.25, 0.3) is 0 Å². The second kappa shape index (κ2) is 4.32. The molecule has 17 heavy (non-hydrogen) atoms. The zero-order valence-electron chi connectivity index (χ0n) is 10.5. The topological polar surface area (TPSA) is 38.7 Å². The quantitative estimate of drug-likeness (QED) is 0.686. The van der Waals surface area contributed by atoms with Gasteiger partial charge in [0.2, 0.25) is 0 Å². The largest absolute Gasteiger partial charge is 0.456 e. The Balaban J connectivity index is 2.45. The number of hydrogen-bond acceptors (Lipinski definition) is 3. The lowest BCUT2D eigenvalue weighted by atomic mass is 10.1. The molecule has 0 spiro atoms. The van der Waals surface area contributed by atoms with Crippen LogP contribution in [0.3, 0.4) is 0 Å². The van der Waals surface area contributed by atoms with Crippen LogP contribution in [0.25, 0.3) is 6.08 Å². The SMILES string of the molecule is CC(C)(C)OC(=O)c1cccc2c1=CCCN=2. The van der Waals surface area contributed by atoms with E-state index in [1.54, 1.807) is 6.07 Å². The minimum atomic E-state index is -0.467. The fraction of sp³-hybridized carbons (Fsp3) is 0.429. The number of rotatable bonds is 1. The van der Waals surface area contributed by atoms with E-state index in [9.17, 15) is 4.79 Å². The highest BCUT2D eigenvalue weighted by atomic mass is 16.6. The molecule has 3 nitrogen and oxygen atoms in total. The molecular formula is C14H17NO2. The fourth-order valence-electron chi connectivity index (χ4n) is 1.81. The van der Waals surface area contributed by atoms with Gasteiger partial charge in [0, 0.05) is 11.8 Å². The molecule has 0 atom stereocenters. The van der Waals surface area contributed by atoms with Gasteiger partial charge in [-0.25, -0.2) is 4.79 Å². The first kappa shape index (κ1) is 11.8. The highest BCUT2D eigenvalue weighted by molar-refractivity contribution is 5.90. The number of esters is 1. The molecule has 1 aliphatic rings. The minimum absolute atomic E-state index is 0.275. The summed E-state index contributed by atoms with van der Waals surface area (Å²) in [6.45, 7) is 6.40. The summed E-state index contributed by atoms with van der Waals surface area (Å²) in [5, 5.41) is 1.80. The van der Waals surface area contributed by atoms with Gasteiger partial charge in [-0.05, 0) is 39.3 Å². The first-order valence-corrected chi connectivity index (χ1v) is 5.84. The molecule has 0 unspecified atom stereocenters. The van der Waals surface area contributed by atoms with E-state index in [1.807, 2.05) is 32.9 Å². The van der Waals surface area contributed by atoms with Gasteiger partial charge in [-0.1, -0.05) is 12.1 Å². The summed E-state index contributed by atoms with van der Waals surface area (Å²) in [5.41, 5.74) is 0.145. The van der Waals surface area contributed by atoms with Crippen LogP contribution in [0.15, 0.2) is 23.2 Å². The summed E-state index contributed by atoms with van der Waals surface area (Å²) in [4.78, 5) is 16.4. The van der Waals surface area contributed by atoms with Crippen LogP contribution in [0.4, 0.5) is 0 Å². The Morgan fingerprint density at radius 2 is 2.12 bits per heavy atom. The molecule has 1 aromatic rings. The van der Waals surface area contributed by atoms with Gasteiger partial charge < -0.3 is 4.74 Å². The molecule has 0 saturated carbocycles. The summed E-state index contributed by atoms with van der Waals surface area (Å²) in [6, 6.07) is 5.57. The number of benzene rings is 1. The Morgan fingerprint density at radius 3 is 2.82 bits per heavy atom. The van der Waals surface area contributed by atoms with Gasteiger partial charge in [-0.15, -0.1) is 0 Å². The van der Waals surface area contributed by atoms with Crippen LogP contribution in [0.5, 0.6) is 0 Å². The highest BCUT2D eigenvalue weighted by Gasteiger charge is 2.19. The average Bonchev–Trinajstić information content (AvgIpc) is 2.26. The molecule has 1 aromatic carbocycles. The monoisotopic (exact) mass is 231 g/mol. The van der Waals surface area contributed by atoms with E-state index in [2.05, 4.69) is 11.1 Å². The molecule has 0 amide bonds. The van der Waals surface area contributed by atoms with Crippen molar-refractivity contribution in [2.75, 3.05) is 6.54 Å². The highest BCUT2D eigenvalue weighted by Crippen LogP contribution is 2.09. The molecule has 0 radical (unpaired) electrons. The zero-order valence-corrected chi connectivity index (χ0v) is 10.5. The number of ether oxygens (including phenoxy) is 1. The van der Waals surface area contributed by atoms with Crippen molar-refractivity contribution >= 4 is 12.0 Å². The van der Waals surface area contributed by atoms with Crippen molar-refractivity contribution in [1.29, 1.82) is 0 Å². The lowest BCUT2D eigenvalue weighted by Crippen LogP contribution is -2.35. The van der Waals surface area contributed by atoms with E-state index < -0.39 is 5.60 Å². The van der Waals surface area contributed by atoms with Crippen LogP contribution in [0.2, 0.25) is 0 Å². The normalized spacial score (nSPS) is 14.3. The molecule has 0 bridgehead atoms. The van der Waals surface area contributed by atoms with Crippen molar-refractivity contribution in [3.63, 3.8) is 0 Å². The molecule has 0 saturated heterocycles. The molecule has 0 N–H and O–H groups in total. The molecule has 0 aliphatic carbocycles. The van der Waals surface area contributed by atoms with Crippen molar-refractivity contribution in [3.05, 3.63) is 34.3 Å². The van der Waals surface area contributed by atoms with Crippen molar-refractivity contribution in [2.24, 2.45) is 4.99 Å². The fourth-order valence-corrected chi connectivity index (χ4v) is 1.81. The maximum atomic E-state index is 12.0. The number of nitrogens with zero attached hydrogens (tertiary/aromatic N) is 1. The van der Waals surface area contributed by atoms with E-state index in [1.165, 1.54) is 0 Å². The predicted molar refractivity (Wildman–Crippen MR) is 66.3 cm³/mol. The summed E-state index contributed by atoms with van der Waals surface area (Å²) in [7, 11) is 0. The van der Waals surface area contributed by atoms with Crippen molar-refractivity contribution in [1.82, 2.24) is 0 Å². The molecule has 1 aliphatic heterocycles. The maximum absolute atomic E-state index is 12.0. The average molecular weight is 231 g/mol. The summed E-state index contributed by atoms with van der Waals surface area (Å²) < 4.78 is 5.39. The lowest BCUT2D eigenvalue weighted by Gasteiger charge is -2.19. The lowest BCUT2D eigenvalue weighted by molar-refractivity contribution is 0.00680. The van der Waals surface area contributed by atoms with Crippen LogP contribution in [-0.4, -0.2) is 18.1 Å². The standard InChI is InChI=1S/C14H17NO2/c1-14(2,3)17-13(16)11-6-4-8-12-10(11)7-5-9-15-12/h4,6-8H,5,9H2,1-3H3. The predicted octanol–water partition coefficient (Wildman–Crippen LogP) is 1.45. The Kier molecular flexibility index (Phi) is 3.01. The molecule has 3 heteroatoms. The van der Waals surface area contributed by atoms with Crippen molar-refractivity contribution in [3.8, 4) is 0 Å². The van der Waals surface area contributed by atoms with Gasteiger partial charge in [-0.2, -0.15) is 0 Å². The Bertz CT molecular complexity index is 553. The number of carbonyl (C=O) groups is 1. The third-order valence-corrected chi connectivity index (χ3v) is 2.46. The Morgan fingerprint density at radius 1 is 1.35 bits per heavy atom. The van der Waals surface area contributed by atoms with Crippen LogP contribution in [0.1, 0.15) is 37.6 Å². The van der Waals surface area contributed by atoms with Gasteiger partial charge in [-0.3, -0.25) is 4.99 Å². The summed E-state index contributed by atoms with van der Waals surface area (Å²) >= 11 is 0. The van der Waals surface area contributed by atoms with E-state index in [4.69, 9.17) is 4.74 Å².